The lowest BCUT2D eigenvalue weighted by atomic mass is 10.0. The third kappa shape index (κ3) is 2.21. The SMILES string of the molecule is CCn1ccn(CC(O)C2CCCC2)c1=O. The molecule has 4 heteroatoms. The Kier molecular flexibility index (Phi) is 3.49. The fourth-order valence-electron chi connectivity index (χ4n) is 2.53. The first-order valence-electron chi connectivity index (χ1n) is 6.16. The van der Waals surface area contributed by atoms with Gasteiger partial charge in [0.05, 0.1) is 12.6 Å². The molecule has 1 aliphatic rings. The molecular formula is C12H20N2O2. The van der Waals surface area contributed by atoms with Crippen LogP contribution in [0.5, 0.6) is 0 Å². The molecule has 2 rings (SSSR count). The third-order valence-electron chi connectivity index (χ3n) is 3.59. The largest absolute Gasteiger partial charge is 0.391 e. The van der Waals surface area contributed by atoms with E-state index in [1.54, 1.807) is 21.5 Å². The van der Waals surface area contributed by atoms with Crippen LogP contribution < -0.4 is 5.69 Å². The first-order valence-corrected chi connectivity index (χ1v) is 6.16. The average Bonchev–Trinajstić information content (AvgIpc) is 2.89. The molecule has 1 fully saturated rings. The van der Waals surface area contributed by atoms with Crippen LogP contribution in [0.25, 0.3) is 0 Å². The van der Waals surface area contributed by atoms with E-state index < -0.39 is 0 Å². The van der Waals surface area contributed by atoms with Crippen molar-refractivity contribution in [1.29, 1.82) is 0 Å². The van der Waals surface area contributed by atoms with Crippen LogP contribution in [-0.4, -0.2) is 20.3 Å². The molecular weight excluding hydrogens is 204 g/mol. The van der Waals surface area contributed by atoms with Crippen molar-refractivity contribution < 1.29 is 5.11 Å². The summed E-state index contributed by atoms with van der Waals surface area (Å²) in [5.74, 6) is 0.386. The molecule has 0 saturated heterocycles. The average molecular weight is 224 g/mol. The van der Waals surface area contributed by atoms with Crippen molar-refractivity contribution in [3.63, 3.8) is 0 Å². The predicted molar refractivity (Wildman–Crippen MR) is 62.3 cm³/mol. The fraction of sp³-hybridized carbons (Fsp3) is 0.750. The van der Waals surface area contributed by atoms with E-state index in [0.29, 0.717) is 19.0 Å². The lowest BCUT2D eigenvalue weighted by molar-refractivity contribution is 0.0919. The fourth-order valence-corrected chi connectivity index (χ4v) is 2.53. The Labute approximate surface area is 95.5 Å². The molecule has 1 N–H and O–H groups in total. The maximum atomic E-state index is 11.8. The predicted octanol–water partition coefficient (Wildman–Crippen LogP) is 1.22. The van der Waals surface area contributed by atoms with Gasteiger partial charge >= 0.3 is 5.69 Å². The smallest absolute Gasteiger partial charge is 0.328 e. The van der Waals surface area contributed by atoms with Gasteiger partial charge in [-0.1, -0.05) is 12.8 Å². The molecule has 1 unspecified atom stereocenters. The van der Waals surface area contributed by atoms with E-state index >= 15 is 0 Å². The standard InChI is InChI=1S/C12H20N2O2/c1-2-13-7-8-14(12(13)16)9-11(15)10-5-3-4-6-10/h7-8,10-11,15H,2-6,9H2,1H3. The Balaban J connectivity index is 2.02. The van der Waals surface area contributed by atoms with Crippen molar-refractivity contribution in [2.24, 2.45) is 5.92 Å². The summed E-state index contributed by atoms with van der Waals surface area (Å²) < 4.78 is 3.27. The number of aliphatic hydroxyl groups excluding tert-OH is 1. The first kappa shape index (κ1) is 11.5. The minimum atomic E-state index is -0.368. The number of rotatable bonds is 4. The van der Waals surface area contributed by atoms with E-state index in [-0.39, 0.29) is 11.8 Å². The highest BCUT2D eigenvalue weighted by Crippen LogP contribution is 2.28. The highest BCUT2D eigenvalue weighted by Gasteiger charge is 2.23. The molecule has 1 saturated carbocycles. The number of hydrogen-bond acceptors (Lipinski definition) is 2. The summed E-state index contributed by atoms with van der Waals surface area (Å²) in [6.07, 6.45) is 7.81. The van der Waals surface area contributed by atoms with Crippen LogP contribution in [0.15, 0.2) is 17.2 Å². The second-order valence-electron chi connectivity index (χ2n) is 4.63. The van der Waals surface area contributed by atoms with Crippen LogP contribution in [-0.2, 0) is 13.1 Å². The van der Waals surface area contributed by atoms with Crippen molar-refractivity contribution in [3.8, 4) is 0 Å². The number of aliphatic hydroxyl groups is 1. The zero-order chi connectivity index (χ0) is 11.5. The Bertz CT molecular complexity index is 388. The molecule has 4 nitrogen and oxygen atoms in total. The lowest BCUT2D eigenvalue weighted by Gasteiger charge is -2.17. The first-order chi connectivity index (χ1) is 7.72. The van der Waals surface area contributed by atoms with Gasteiger partial charge in [0.1, 0.15) is 0 Å². The maximum absolute atomic E-state index is 11.8. The lowest BCUT2D eigenvalue weighted by Crippen LogP contribution is -2.31. The highest BCUT2D eigenvalue weighted by molar-refractivity contribution is 4.84. The second-order valence-corrected chi connectivity index (χ2v) is 4.63. The number of hydrogen-bond donors (Lipinski definition) is 1. The highest BCUT2D eigenvalue weighted by atomic mass is 16.3. The van der Waals surface area contributed by atoms with Gasteiger partial charge in [-0.25, -0.2) is 4.79 Å². The van der Waals surface area contributed by atoms with Crippen LogP contribution in [0.3, 0.4) is 0 Å². The molecule has 90 valence electrons. The second kappa shape index (κ2) is 4.87. The van der Waals surface area contributed by atoms with Crippen molar-refractivity contribution in [3.05, 3.63) is 22.9 Å². The quantitative estimate of drug-likeness (QED) is 0.836. The van der Waals surface area contributed by atoms with Gasteiger partial charge in [0.2, 0.25) is 0 Å². The summed E-state index contributed by atoms with van der Waals surface area (Å²) in [6, 6.07) is 0. The van der Waals surface area contributed by atoms with Gasteiger partial charge in [-0.2, -0.15) is 0 Å². The van der Waals surface area contributed by atoms with Gasteiger partial charge in [0, 0.05) is 18.9 Å². The van der Waals surface area contributed by atoms with Gasteiger partial charge in [0.15, 0.2) is 0 Å². The molecule has 0 aromatic carbocycles. The van der Waals surface area contributed by atoms with Crippen LogP contribution in [0.2, 0.25) is 0 Å². The zero-order valence-corrected chi connectivity index (χ0v) is 9.80. The van der Waals surface area contributed by atoms with Crippen LogP contribution >= 0.6 is 0 Å². The number of aryl methyl sites for hydroxylation is 1. The van der Waals surface area contributed by atoms with Crippen molar-refractivity contribution in [1.82, 2.24) is 9.13 Å². The summed E-state index contributed by atoms with van der Waals surface area (Å²) in [5.41, 5.74) is -0.0143. The van der Waals surface area contributed by atoms with E-state index in [1.807, 2.05) is 6.92 Å². The molecule has 0 aliphatic heterocycles. The molecule has 0 bridgehead atoms. The Morgan fingerprint density at radius 3 is 2.56 bits per heavy atom. The summed E-state index contributed by atoms with van der Waals surface area (Å²) in [6.45, 7) is 3.07. The summed E-state index contributed by atoms with van der Waals surface area (Å²) in [7, 11) is 0. The number of aromatic nitrogens is 2. The zero-order valence-electron chi connectivity index (χ0n) is 9.80. The van der Waals surface area contributed by atoms with Gasteiger partial charge in [-0.05, 0) is 25.7 Å². The summed E-state index contributed by atoms with van der Waals surface area (Å²) in [4.78, 5) is 11.8. The molecule has 1 aromatic rings. The van der Waals surface area contributed by atoms with E-state index in [4.69, 9.17) is 0 Å². The van der Waals surface area contributed by atoms with Crippen molar-refractivity contribution in [2.75, 3.05) is 0 Å². The van der Waals surface area contributed by atoms with Crippen molar-refractivity contribution in [2.45, 2.75) is 51.8 Å². The number of imidazole rings is 1. The normalized spacial score (nSPS) is 19.1. The number of nitrogens with zero attached hydrogens (tertiary/aromatic N) is 2. The molecule has 0 radical (unpaired) electrons. The molecule has 0 amide bonds. The third-order valence-corrected chi connectivity index (χ3v) is 3.59. The minimum Gasteiger partial charge on any atom is -0.391 e. The van der Waals surface area contributed by atoms with Crippen LogP contribution in [0.4, 0.5) is 0 Å². The van der Waals surface area contributed by atoms with Gasteiger partial charge in [0.25, 0.3) is 0 Å². The Morgan fingerprint density at radius 2 is 2.00 bits per heavy atom. The van der Waals surface area contributed by atoms with Crippen molar-refractivity contribution >= 4 is 0 Å². The molecule has 1 aliphatic carbocycles. The van der Waals surface area contributed by atoms with Gasteiger partial charge in [-0.15, -0.1) is 0 Å². The Morgan fingerprint density at radius 1 is 1.38 bits per heavy atom. The Hall–Kier alpha value is -1.03. The molecule has 1 aromatic heterocycles. The van der Waals surface area contributed by atoms with E-state index in [2.05, 4.69) is 0 Å². The maximum Gasteiger partial charge on any atom is 0.328 e. The van der Waals surface area contributed by atoms with E-state index in [1.165, 1.54) is 12.8 Å². The monoisotopic (exact) mass is 224 g/mol. The molecule has 16 heavy (non-hydrogen) atoms. The molecule has 0 spiro atoms. The molecule has 1 atom stereocenters. The van der Waals surface area contributed by atoms with Crippen LogP contribution in [0, 0.1) is 5.92 Å². The van der Waals surface area contributed by atoms with Gasteiger partial charge < -0.3 is 5.11 Å². The summed E-state index contributed by atoms with van der Waals surface area (Å²) in [5, 5.41) is 10.0. The van der Waals surface area contributed by atoms with E-state index in [9.17, 15) is 9.90 Å². The van der Waals surface area contributed by atoms with E-state index in [0.717, 1.165) is 12.8 Å². The topological polar surface area (TPSA) is 47.2 Å². The molecule has 1 heterocycles. The summed E-state index contributed by atoms with van der Waals surface area (Å²) >= 11 is 0. The van der Waals surface area contributed by atoms with Crippen LogP contribution in [0.1, 0.15) is 32.6 Å². The minimum absolute atomic E-state index is 0.0143. The van der Waals surface area contributed by atoms with Gasteiger partial charge in [-0.3, -0.25) is 9.13 Å².